The molecule has 0 aliphatic carbocycles. The summed E-state index contributed by atoms with van der Waals surface area (Å²) in [6.45, 7) is 10.9. The van der Waals surface area contributed by atoms with E-state index in [4.69, 9.17) is 0 Å². The number of hydrogen-bond acceptors (Lipinski definition) is 4. The number of nitrogens with zero attached hydrogens (tertiary/aromatic N) is 5. The van der Waals surface area contributed by atoms with E-state index in [1.165, 1.54) is 0 Å². The number of carbonyl (C=O) groups excluding carboxylic acids is 1. The number of carbonyl (C=O) groups is 1. The summed E-state index contributed by atoms with van der Waals surface area (Å²) < 4.78 is 2.22. The van der Waals surface area contributed by atoms with Gasteiger partial charge in [-0.1, -0.05) is 13.8 Å². The van der Waals surface area contributed by atoms with E-state index in [0.717, 1.165) is 57.3 Å². The van der Waals surface area contributed by atoms with Crippen LogP contribution in [0.3, 0.4) is 0 Å². The maximum absolute atomic E-state index is 11.8. The van der Waals surface area contributed by atoms with Gasteiger partial charge in [-0.3, -0.25) is 4.57 Å². The Morgan fingerprint density at radius 1 is 1.23 bits per heavy atom. The lowest BCUT2D eigenvalue weighted by Crippen LogP contribution is -2.46. The Bertz CT molecular complexity index is 532. The van der Waals surface area contributed by atoms with E-state index in [-0.39, 0.29) is 6.03 Å². The minimum absolute atomic E-state index is 0.0947. The molecule has 2 fully saturated rings. The molecule has 2 aliphatic heterocycles. The Morgan fingerprint density at radius 3 is 2.55 bits per heavy atom. The lowest BCUT2D eigenvalue weighted by atomic mass is 10.0. The number of aromatic nitrogens is 3. The molecule has 7 nitrogen and oxygen atoms in total. The molecule has 0 radical (unpaired) electrons. The molecule has 2 saturated heterocycles. The van der Waals surface area contributed by atoms with E-state index in [0.29, 0.717) is 12.0 Å². The second-order valence-electron chi connectivity index (χ2n) is 6.70. The van der Waals surface area contributed by atoms with Crippen molar-refractivity contribution in [2.24, 2.45) is 5.92 Å². The molecule has 1 aromatic heterocycles. The predicted octanol–water partition coefficient (Wildman–Crippen LogP) is 1.24. The second-order valence-corrected chi connectivity index (χ2v) is 6.70. The lowest BCUT2D eigenvalue weighted by Gasteiger charge is -2.36. The van der Waals surface area contributed by atoms with E-state index in [1.807, 2.05) is 11.8 Å². The number of hydrogen-bond donors (Lipinski definition) is 1. The zero-order chi connectivity index (χ0) is 15.7. The van der Waals surface area contributed by atoms with Crippen molar-refractivity contribution in [3.63, 3.8) is 0 Å². The van der Waals surface area contributed by atoms with E-state index < -0.39 is 0 Å². The zero-order valence-electron chi connectivity index (χ0n) is 13.7. The first kappa shape index (κ1) is 15.1. The minimum atomic E-state index is 0.0947. The van der Waals surface area contributed by atoms with Crippen molar-refractivity contribution in [1.29, 1.82) is 0 Å². The Labute approximate surface area is 131 Å². The van der Waals surface area contributed by atoms with Gasteiger partial charge in [0.2, 0.25) is 5.95 Å². The molecule has 0 bridgehead atoms. The topological polar surface area (TPSA) is 66.3 Å². The molecular weight excluding hydrogens is 280 g/mol. The van der Waals surface area contributed by atoms with Crippen LogP contribution in [0.2, 0.25) is 0 Å². The van der Waals surface area contributed by atoms with Gasteiger partial charge in [-0.2, -0.15) is 0 Å². The van der Waals surface area contributed by atoms with Crippen molar-refractivity contribution >= 4 is 12.0 Å². The van der Waals surface area contributed by atoms with Gasteiger partial charge in [0.1, 0.15) is 5.82 Å². The van der Waals surface area contributed by atoms with Crippen LogP contribution in [0, 0.1) is 12.8 Å². The highest BCUT2D eigenvalue weighted by atomic mass is 16.2. The Kier molecular flexibility index (Phi) is 4.22. The van der Waals surface area contributed by atoms with Crippen molar-refractivity contribution in [2.75, 3.05) is 31.1 Å². The van der Waals surface area contributed by atoms with Crippen LogP contribution in [-0.4, -0.2) is 57.9 Å². The molecule has 0 saturated carbocycles. The number of amides is 2. The van der Waals surface area contributed by atoms with Gasteiger partial charge in [0.15, 0.2) is 0 Å². The maximum Gasteiger partial charge on any atom is 0.317 e. The molecule has 0 unspecified atom stereocenters. The fourth-order valence-electron chi connectivity index (χ4n) is 3.39. The number of piperidine rings is 1. The molecule has 7 heteroatoms. The van der Waals surface area contributed by atoms with Crippen LogP contribution >= 0.6 is 0 Å². The Balaban J connectivity index is 1.65. The molecule has 122 valence electrons. The summed E-state index contributed by atoms with van der Waals surface area (Å²) in [6, 6.07) is 0.457. The van der Waals surface area contributed by atoms with Crippen LogP contribution in [0.25, 0.3) is 0 Å². The molecule has 22 heavy (non-hydrogen) atoms. The monoisotopic (exact) mass is 306 g/mol. The third-order valence-electron chi connectivity index (χ3n) is 4.54. The summed E-state index contributed by atoms with van der Waals surface area (Å²) >= 11 is 0. The highest BCUT2D eigenvalue weighted by Gasteiger charge is 2.31. The average Bonchev–Trinajstić information content (AvgIpc) is 3.06. The summed E-state index contributed by atoms with van der Waals surface area (Å²) in [5.74, 6) is 2.53. The fourth-order valence-corrected chi connectivity index (χ4v) is 3.39. The highest BCUT2D eigenvalue weighted by molar-refractivity contribution is 5.76. The third kappa shape index (κ3) is 2.89. The van der Waals surface area contributed by atoms with Gasteiger partial charge in [0.05, 0.1) is 0 Å². The normalized spacial score (nSPS) is 20.1. The van der Waals surface area contributed by atoms with Crippen molar-refractivity contribution in [1.82, 2.24) is 25.0 Å². The van der Waals surface area contributed by atoms with Gasteiger partial charge >= 0.3 is 6.03 Å². The van der Waals surface area contributed by atoms with Crippen LogP contribution in [0.4, 0.5) is 10.7 Å². The summed E-state index contributed by atoms with van der Waals surface area (Å²) in [6.07, 6.45) is 2.00. The van der Waals surface area contributed by atoms with E-state index in [2.05, 4.69) is 38.8 Å². The van der Waals surface area contributed by atoms with Gasteiger partial charge in [0.25, 0.3) is 0 Å². The van der Waals surface area contributed by atoms with E-state index in [1.54, 1.807) is 0 Å². The molecule has 3 rings (SSSR count). The van der Waals surface area contributed by atoms with E-state index in [9.17, 15) is 4.79 Å². The standard InChI is InChI=1S/C15H26N6O/c1-11(2)10-21-12(3)17-18-14(21)19-7-4-13(5-8-19)20-9-6-16-15(20)22/h11,13H,4-10H2,1-3H3,(H,16,22). The van der Waals surface area contributed by atoms with Crippen LogP contribution in [0.15, 0.2) is 0 Å². The van der Waals surface area contributed by atoms with Crippen LogP contribution in [-0.2, 0) is 6.54 Å². The SMILES string of the molecule is Cc1nnc(N2CCC(N3CCNC3=O)CC2)n1CC(C)C. The van der Waals surface area contributed by atoms with Crippen molar-refractivity contribution < 1.29 is 4.79 Å². The molecule has 3 heterocycles. The highest BCUT2D eigenvalue weighted by Crippen LogP contribution is 2.23. The van der Waals surface area contributed by atoms with Crippen LogP contribution in [0.5, 0.6) is 0 Å². The van der Waals surface area contributed by atoms with Gasteiger partial charge in [-0.25, -0.2) is 4.79 Å². The molecule has 2 aliphatic rings. The van der Waals surface area contributed by atoms with E-state index >= 15 is 0 Å². The Hall–Kier alpha value is -1.79. The molecule has 0 aromatic carbocycles. The second kappa shape index (κ2) is 6.14. The quantitative estimate of drug-likeness (QED) is 0.909. The molecule has 0 spiro atoms. The number of rotatable bonds is 4. The summed E-state index contributed by atoms with van der Waals surface area (Å²) in [4.78, 5) is 16.1. The third-order valence-corrected chi connectivity index (χ3v) is 4.54. The predicted molar refractivity (Wildman–Crippen MR) is 84.9 cm³/mol. The van der Waals surface area contributed by atoms with Crippen molar-refractivity contribution in [3.8, 4) is 0 Å². The molecule has 1 N–H and O–H groups in total. The number of urea groups is 1. The summed E-state index contributed by atoms with van der Waals surface area (Å²) in [5, 5.41) is 11.5. The first-order valence-corrected chi connectivity index (χ1v) is 8.25. The molecule has 0 atom stereocenters. The fraction of sp³-hybridized carbons (Fsp3) is 0.800. The Morgan fingerprint density at radius 2 is 1.95 bits per heavy atom. The zero-order valence-corrected chi connectivity index (χ0v) is 13.7. The van der Waals surface area contributed by atoms with Gasteiger partial charge < -0.3 is 15.1 Å². The van der Waals surface area contributed by atoms with Crippen LogP contribution in [0.1, 0.15) is 32.5 Å². The minimum Gasteiger partial charge on any atom is -0.341 e. The summed E-state index contributed by atoms with van der Waals surface area (Å²) in [7, 11) is 0. The maximum atomic E-state index is 11.8. The van der Waals surface area contributed by atoms with Gasteiger partial charge in [0, 0.05) is 38.8 Å². The molecular formula is C15H26N6O. The largest absolute Gasteiger partial charge is 0.341 e. The van der Waals surface area contributed by atoms with Crippen molar-refractivity contribution in [2.45, 2.75) is 46.2 Å². The lowest BCUT2D eigenvalue weighted by molar-refractivity contribution is 0.186. The number of nitrogens with one attached hydrogen (secondary N) is 1. The first-order chi connectivity index (χ1) is 10.6. The van der Waals surface area contributed by atoms with Gasteiger partial charge in [-0.15, -0.1) is 10.2 Å². The average molecular weight is 306 g/mol. The number of anilines is 1. The van der Waals surface area contributed by atoms with Crippen molar-refractivity contribution in [3.05, 3.63) is 5.82 Å². The number of aryl methyl sites for hydroxylation is 1. The smallest absolute Gasteiger partial charge is 0.317 e. The summed E-state index contributed by atoms with van der Waals surface area (Å²) in [5.41, 5.74) is 0. The van der Waals surface area contributed by atoms with Gasteiger partial charge in [-0.05, 0) is 25.7 Å². The molecule has 1 aromatic rings. The first-order valence-electron chi connectivity index (χ1n) is 8.25. The molecule has 2 amide bonds. The van der Waals surface area contributed by atoms with Crippen LogP contribution < -0.4 is 10.2 Å².